The van der Waals surface area contributed by atoms with Gasteiger partial charge in [-0.15, -0.1) is 0 Å². The Morgan fingerprint density at radius 3 is 2.90 bits per heavy atom. The molecule has 0 unspecified atom stereocenters. The fourth-order valence-corrected chi connectivity index (χ4v) is 4.15. The average Bonchev–Trinajstić information content (AvgIpc) is 3.03. The summed E-state index contributed by atoms with van der Waals surface area (Å²) in [5.41, 5.74) is 1.30. The second-order valence-electron chi connectivity index (χ2n) is 4.53. The van der Waals surface area contributed by atoms with E-state index in [9.17, 15) is 13.2 Å². The van der Waals surface area contributed by atoms with Gasteiger partial charge in [0, 0.05) is 22.6 Å². The lowest BCUT2D eigenvalue weighted by Crippen LogP contribution is -2.24. The van der Waals surface area contributed by atoms with Gasteiger partial charge in [0.1, 0.15) is 5.82 Å². The second-order valence-corrected chi connectivity index (χ2v) is 7.11. The van der Waals surface area contributed by atoms with Crippen molar-refractivity contribution in [3.8, 4) is 0 Å². The number of nitrogens with zero attached hydrogens (tertiary/aromatic N) is 1. The van der Waals surface area contributed by atoms with Gasteiger partial charge in [-0.25, -0.2) is 18.1 Å². The Morgan fingerprint density at radius 2 is 2.19 bits per heavy atom. The summed E-state index contributed by atoms with van der Waals surface area (Å²) < 4.78 is 27.5. The summed E-state index contributed by atoms with van der Waals surface area (Å²) in [5.74, 6) is 0.377. The topological polar surface area (TPSA) is 104 Å². The van der Waals surface area contributed by atoms with Crippen molar-refractivity contribution >= 4 is 37.5 Å². The van der Waals surface area contributed by atoms with Gasteiger partial charge in [0.05, 0.1) is 17.9 Å². The molecule has 0 saturated heterocycles. The first kappa shape index (κ1) is 14.2. The molecule has 2 heterocycles. The van der Waals surface area contributed by atoms with Gasteiger partial charge in [-0.1, -0.05) is 0 Å². The molecule has 3 N–H and O–H groups in total. The Kier molecular flexibility index (Phi) is 3.56. The molecule has 0 saturated carbocycles. The number of fused-ring (bicyclic) bond motifs is 1. The molecule has 1 amide bonds. The van der Waals surface area contributed by atoms with E-state index in [-0.39, 0.29) is 23.8 Å². The van der Waals surface area contributed by atoms with Crippen LogP contribution in [0.1, 0.15) is 11.4 Å². The predicted octanol–water partition coefficient (Wildman–Crippen LogP) is 1.15. The van der Waals surface area contributed by atoms with Crippen LogP contribution in [0.2, 0.25) is 0 Å². The van der Waals surface area contributed by atoms with Crippen molar-refractivity contribution in [1.82, 2.24) is 14.7 Å². The number of nitrogens with one attached hydrogen (secondary N) is 3. The number of aromatic amines is 1. The molecule has 0 fully saturated rings. The molecule has 1 aliphatic heterocycles. The van der Waals surface area contributed by atoms with Gasteiger partial charge in [0.15, 0.2) is 0 Å². The van der Waals surface area contributed by atoms with Crippen LogP contribution in [0.15, 0.2) is 33.9 Å². The Morgan fingerprint density at radius 1 is 1.38 bits per heavy atom. The van der Waals surface area contributed by atoms with E-state index in [2.05, 4.69) is 35.9 Å². The first-order valence-corrected chi connectivity index (χ1v) is 8.33. The van der Waals surface area contributed by atoms with Crippen LogP contribution in [0.5, 0.6) is 0 Å². The highest BCUT2D eigenvalue weighted by atomic mass is 79.9. The van der Waals surface area contributed by atoms with Crippen molar-refractivity contribution in [3.63, 3.8) is 0 Å². The van der Waals surface area contributed by atoms with Crippen LogP contribution in [-0.2, 0) is 27.8 Å². The summed E-state index contributed by atoms with van der Waals surface area (Å²) in [7, 11) is -3.70. The number of hydrogen-bond donors (Lipinski definition) is 3. The summed E-state index contributed by atoms with van der Waals surface area (Å²) in [6.07, 6.45) is 3.35. The van der Waals surface area contributed by atoms with Crippen molar-refractivity contribution in [1.29, 1.82) is 0 Å². The maximum atomic E-state index is 12.3. The highest BCUT2D eigenvalue weighted by Crippen LogP contribution is 2.32. The summed E-state index contributed by atoms with van der Waals surface area (Å²) >= 11 is 3.23. The van der Waals surface area contributed by atoms with Crippen molar-refractivity contribution < 1.29 is 13.2 Å². The van der Waals surface area contributed by atoms with Crippen LogP contribution in [0.3, 0.4) is 0 Å². The van der Waals surface area contributed by atoms with Gasteiger partial charge in [-0.05, 0) is 33.6 Å². The summed E-state index contributed by atoms with van der Waals surface area (Å²) in [5, 5.41) is 2.67. The van der Waals surface area contributed by atoms with E-state index in [1.807, 2.05) is 0 Å². The van der Waals surface area contributed by atoms with E-state index >= 15 is 0 Å². The zero-order valence-corrected chi connectivity index (χ0v) is 13.1. The minimum absolute atomic E-state index is 0.0655. The van der Waals surface area contributed by atoms with E-state index < -0.39 is 10.0 Å². The lowest BCUT2D eigenvalue weighted by molar-refractivity contribution is -0.115. The molecule has 1 aliphatic rings. The standard InChI is InChI=1S/C12H11BrN4O3S/c13-8-5-9-7(4-12(18)17-9)3-10(8)21(19,20)16-6-11-14-1-2-15-11/h1-3,5,16H,4,6H2,(H,14,15)(H,17,18). The Bertz CT molecular complexity index is 802. The van der Waals surface area contributed by atoms with Crippen LogP contribution in [-0.4, -0.2) is 24.3 Å². The number of anilines is 1. The lowest BCUT2D eigenvalue weighted by Gasteiger charge is -2.09. The molecule has 0 spiro atoms. The highest BCUT2D eigenvalue weighted by molar-refractivity contribution is 9.10. The smallest absolute Gasteiger partial charge is 0.242 e. The largest absolute Gasteiger partial charge is 0.347 e. The first-order chi connectivity index (χ1) is 9.95. The van der Waals surface area contributed by atoms with Crippen molar-refractivity contribution in [2.24, 2.45) is 0 Å². The van der Waals surface area contributed by atoms with Crippen LogP contribution in [0.25, 0.3) is 0 Å². The molecule has 0 bridgehead atoms. The zero-order valence-electron chi connectivity index (χ0n) is 10.7. The fraction of sp³-hybridized carbons (Fsp3) is 0.167. The number of halogens is 1. The molecule has 0 radical (unpaired) electrons. The molecule has 110 valence electrons. The normalized spacial score (nSPS) is 14.0. The number of carbonyl (C=O) groups excluding carboxylic acids is 1. The predicted molar refractivity (Wildman–Crippen MR) is 79.1 cm³/mol. The highest BCUT2D eigenvalue weighted by Gasteiger charge is 2.24. The number of hydrogen-bond acceptors (Lipinski definition) is 4. The molecule has 0 atom stereocenters. The van der Waals surface area contributed by atoms with Crippen molar-refractivity contribution in [3.05, 3.63) is 40.4 Å². The molecule has 7 nitrogen and oxygen atoms in total. The number of carbonyl (C=O) groups is 1. The zero-order chi connectivity index (χ0) is 15.0. The third-order valence-electron chi connectivity index (χ3n) is 3.06. The quantitative estimate of drug-likeness (QED) is 0.750. The lowest BCUT2D eigenvalue weighted by atomic mass is 10.2. The maximum absolute atomic E-state index is 12.3. The Hall–Kier alpha value is -1.71. The maximum Gasteiger partial charge on any atom is 0.242 e. The van der Waals surface area contributed by atoms with Crippen LogP contribution in [0.4, 0.5) is 5.69 Å². The number of aromatic nitrogens is 2. The van der Waals surface area contributed by atoms with Gasteiger partial charge < -0.3 is 10.3 Å². The number of amides is 1. The number of H-pyrrole nitrogens is 1. The van der Waals surface area contributed by atoms with Crippen LogP contribution >= 0.6 is 15.9 Å². The summed E-state index contributed by atoms with van der Waals surface area (Å²) in [4.78, 5) is 18.2. The molecule has 0 aliphatic carbocycles. The molecule has 1 aromatic heterocycles. The molecule has 9 heteroatoms. The van der Waals surface area contributed by atoms with Crippen LogP contribution < -0.4 is 10.0 Å². The van der Waals surface area contributed by atoms with Gasteiger partial charge in [-0.2, -0.15) is 0 Å². The Labute approximate surface area is 129 Å². The minimum Gasteiger partial charge on any atom is -0.347 e. The number of imidazole rings is 1. The molecular weight excluding hydrogens is 360 g/mol. The molecular formula is C12H11BrN4O3S. The van der Waals surface area contributed by atoms with Crippen molar-refractivity contribution in [2.45, 2.75) is 17.9 Å². The van der Waals surface area contributed by atoms with E-state index in [1.165, 1.54) is 6.07 Å². The van der Waals surface area contributed by atoms with Gasteiger partial charge in [0.25, 0.3) is 0 Å². The second kappa shape index (κ2) is 5.24. The monoisotopic (exact) mass is 370 g/mol. The van der Waals surface area contributed by atoms with Crippen molar-refractivity contribution in [2.75, 3.05) is 5.32 Å². The number of benzene rings is 1. The molecule has 21 heavy (non-hydrogen) atoms. The van der Waals surface area contributed by atoms with E-state index in [4.69, 9.17) is 0 Å². The average molecular weight is 371 g/mol. The SMILES string of the molecule is O=C1Cc2cc(S(=O)(=O)NCc3ncc[nH]3)c(Br)cc2N1. The van der Waals surface area contributed by atoms with Crippen LogP contribution in [0, 0.1) is 0 Å². The Balaban J connectivity index is 1.89. The molecule has 2 aromatic rings. The van der Waals surface area contributed by atoms with Gasteiger partial charge in [0.2, 0.25) is 15.9 Å². The third-order valence-corrected chi connectivity index (χ3v) is 5.42. The fourth-order valence-electron chi connectivity index (χ4n) is 2.07. The van der Waals surface area contributed by atoms with E-state index in [0.29, 0.717) is 21.5 Å². The van der Waals surface area contributed by atoms with E-state index in [1.54, 1.807) is 18.5 Å². The summed E-state index contributed by atoms with van der Waals surface area (Å²) in [6.45, 7) is 0.0655. The van der Waals surface area contributed by atoms with Gasteiger partial charge in [-0.3, -0.25) is 4.79 Å². The molecule has 3 rings (SSSR count). The minimum atomic E-state index is -3.70. The number of rotatable bonds is 4. The number of sulfonamides is 1. The molecule has 1 aromatic carbocycles. The summed E-state index contributed by atoms with van der Waals surface area (Å²) in [6, 6.07) is 3.10. The third kappa shape index (κ3) is 2.85. The first-order valence-electron chi connectivity index (χ1n) is 6.06. The van der Waals surface area contributed by atoms with Gasteiger partial charge >= 0.3 is 0 Å². The van der Waals surface area contributed by atoms with E-state index in [0.717, 1.165) is 0 Å².